The van der Waals surface area contributed by atoms with Gasteiger partial charge in [-0.25, -0.2) is 0 Å². The maximum Gasteiger partial charge on any atom is 0.310 e. The average molecular weight is 314 g/mol. The number of nitrogens with one attached hydrogen (secondary N) is 1. The standard InChI is InChI=1S/C17H18N2O4/c1-23-13-3-4-14-12(10-13)6-7-18-15(14)8-11-2-5-17(20)16(9-11)19(21)22/h2-5,9-10,15,18,20H,6-8H2,1H3. The van der Waals surface area contributed by atoms with Crippen molar-refractivity contribution in [1.29, 1.82) is 0 Å². The lowest BCUT2D eigenvalue weighted by Crippen LogP contribution is -2.31. The summed E-state index contributed by atoms with van der Waals surface area (Å²) >= 11 is 0. The smallest absolute Gasteiger partial charge is 0.310 e. The van der Waals surface area contributed by atoms with Crippen LogP contribution in [0.2, 0.25) is 0 Å². The Morgan fingerprint density at radius 3 is 2.91 bits per heavy atom. The van der Waals surface area contributed by atoms with E-state index in [4.69, 9.17) is 4.74 Å². The fourth-order valence-corrected chi connectivity index (χ4v) is 3.02. The molecule has 0 aromatic heterocycles. The molecular weight excluding hydrogens is 296 g/mol. The quantitative estimate of drug-likeness (QED) is 0.669. The molecule has 1 atom stereocenters. The Kier molecular flexibility index (Phi) is 4.16. The molecule has 1 heterocycles. The molecular formula is C17H18N2O4. The van der Waals surface area contributed by atoms with Crippen LogP contribution in [0.4, 0.5) is 5.69 Å². The molecule has 6 nitrogen and oxygen atoms in total. The first-order chi connectivity index (χ1) is 11.1. The van der Waals surface area contributed by atoms with E-state index in [-0.39, 0.29) is 17.5 Å². The molecule has 0 spiro atoms. The van der Waals surface area contributed by atoms with Crippen LogP contribution >= 0.6 is 0 Å². The van der Waals surface area contributed by atoms with Crippen molar-refractivity contribution in [2.75, 3.05) is 13.7 Å². The average Bonchev–Trinajstić information content (AvgIpc) is 2.56. The van der Waals surface area contributed by atoms with Crippen molar-refractivity contribution in [3.8, 4) is 11.5 Å². The summed E-state index contributed by atoms with van der Waals surface area (Å²) in [5.74, 6) is 0.533. The second-order valence-corrected chi connectivity index (χ2v) is 5.61. The minimum Gasteiger partial charge on any atom is -0.502 e. The minimum absolute atomic E-state index is 0.0915. The number of rotatable bonds is 4. The van der Waals surface area contributed by atoms with E-state index in [1.165, 1.54) is 23.3 Å². The molecule has 6 heteroatoms. The van der Waals surface area contributed by atoms with Crippen molar-refractivity contribution < 1.29 is 14.8 Å². The van der Waals surface area contributed by atoms with Crippen LogP contribution in [0.5, 0.6) is 11.5 Å². The molecule has 0 bridgehead atoms. The third-order valence-electron chi connectivity index (χ3n) is 4.19. The molecule has 1 unspecified atom stereocenters. The number of ether oxygens (including phenoxy) is 1. The number of phenols is 1. The third kappa shape index (κ3) is 3.12. The van der Waals surface area contributed by atoms with Gasteiger partial charge in [-0.05, 0) is 54.3 Å². The summed E-state index contributed by atoms with van der Waals surface area (Å²) in [6, 6.07) is 10.6. The maximum atomic E-state index is 11.0. The van der Waals surface area contributed by atoms with Crippen molar-refractivity contribution in [2.24, 2.45) is 0 Å². The van der Waals surface area contributed by atoms with Crippen LogP contribution < -0.4 is 10.1 Å². The van der Waals surface area contributed by atoms with Crippen LogP contribution in [0, 0.1) is 10.1 Å². The van der Waals surface area contributed by atoms with E-state index in [9.17, 15) is 15.2 Å². The predicted octanol–water partition coefficient (Wildman–Crippen LogP) is 2.74. The molecule has 2 aromatic rings. The zero-order chi connectivity index (χ0) is 16.4. The number of hydrogen-bond donors (Lipinski definition) is 2. The molecule has 0 aliphatic carbocycles. The van der Waals surface area contributed by atoms with E-state index in [0.29, 0.717) is 6.42 Å². The highest BCUT2D eigenvalue weighted by molar-refractivity contribution is 5.48. The molecule has 3 rings (SSSR count). The highest BCUT2D eigenvalue weighted by Gasteiger charge is 2.22. The summed E-state index contributed by atoms with van der Waals surface area (Å²) in [6.07, 6.45) is 1.55. The zero-order valence-electron chi connectivity index (χ0n) is 12.8. The summed E-state index contributed by atoms with van der Waals surface area (Å²) in [5, 5.41) is 24.0. The van der Waals surface area contributed by atoms with E-state index >= 15 is 0 Å². The number of nitrogens with zero attached hydrogens (tertiary/aromatic N) is 1. The van der Waals surface area contributed by atoms with E-state index < -0.39 is 4.92 Å². The molecule has 120 valence electrons. The zero-order valence-corrected chi connectivity index (χ0v) is 12.8. The Morgan fingerprint density at radius 1 is 1.35 bits per heavy atom. The van der Waals surface area contributed by atoms with E-state index in [1.807, 2.05) is 18.2 Å². The molecule has 0 fully saturated rings. The fourth-order valence-electron chi connectivity index (χ4n) is 3.02. The highest BCUT2D eigenvalue weighted by atomic mass is 16.6. The van der Waals surface area contributed by atoms with Gasteiger partial charge in [-0.15, -0.1) is 0 Å². The van der Waals surface area contributed by atoms with E-state index in [0.717, 1.165) is 24.3 Å². The number of fused-ring (bicyclic) bond motifs is 1. The third-order valence-corrected chi connectivity index (χ3v) is 4.19. The first kappa shape index (κ1) is 15.3. The summed E-state index contributed by atoms with van der Waals surface area (Å²) < 4.78 is 5.27. The first-order valence-corrected chi connectivity index (χ1v) is 7.45. The van der Waals surface area contributed by atoms with Crippen molar-refractivity contribution >= 4 is 5.69 Å². The predicted molar refractivity (Wildman–Crippen MR) is 85.9 cm³/mol. The van der Waals surface area contributed by atoms with Gasteiger partial charge in [0.1, 0.15) is 5.75 Å². The van der Waals surface area contributed by atoms with Gasteiger partial charge in [0.05, 0.1) is 12.0 Å². The van der Waals surface area contributed by atoms with Gasteiger partial charge in [0.15, 0.2) is 5.75 Å². The van der Waals surface area contributed by atoms with Crippen molar-refractivity contribution in [1.82, 2.24) is 5.32 Å². The Morgan fingerprint density at radius 2 is 2.17 bits per heavy atom. The van der Waals surface area contributed by atoms with Crippen LogP contribution in [0.15, 0.2) is 36.4 Å². The first-order valence-electron chi connectivity index (χ1n) is 7.45. The topological polar surface area (TPSA) is 84.6 Å². The Hall–Kier alpha value is -2.60. The van der Waals surface area contributed by atoms with Crippen molar-refractivity contribution in [3.63, 3.8) is 0 Å². The molecule has 1 aliphatic heterocycles. The summed E-state index contributed by atoms with van der Waals surface area (Å²) in [4.78, 5) is 10.4. The van der Waals surface area contributed by atoms with Crippen LogP contribution in [0.3, 0.4) is 0 Å². The van der Waals surface area contributed by atoms with Crippen molar-refractivity contribution in [3.05, 3.63) is 63.2 Å². The molecule has 0 radical (unpaired) electrons. The van der Waals surface area contributed by atoms with Gasteiger partial charge in [-0.2, -0.15) is 0 Å². The monoisotopic (exact) mass is 314 g/mol. The van der Waals surface area contributed by atoms with Gasteiger partial charge in [-0.1, -0.05) is 12.1 Å². The van der Waals surface area contributed by atoms with Gasteiger partial charge >= 0.3 is 5.69 Å². The molecule has 2 N–H and O–H groups in total. The van der Waals surface area contributed by atoms with Crippen LogP contribution in [0.1, 0.15) is 22.7 Å². The van der Waals surface area contributed by atoms with Gasteiger partial charge in [0.2, 0.25) is 0 Å². The molecule has 1 aliphatic rings. The van der Waals surface area contributed by atoms with Crippen LogP contribution in [-0.2, 0) is 12.8 Å². The lowest BCUT2D eigenvalue weighted by Gasteiger charge is -2.27. The fraction of sp³-hybridized carbons (Fsp3) is 0.294. The van der Waals surface area contributed by atoms with Gasteiger partial charge in [0, 0.05) is 12.1 Å². The lowest BCUT2D eigenvalue weighted by atomic mass is 9.90. The number of aromatic hydroxyl groups is 1. The number of hydrogen-bond acceptors (Lipinski definition) is 5. The number of nitro groups is 1. The molecule has 2 aromatic carbocycles. The Balaban J connectivity index is 1.88. The molecule has 23 heavy (non-hydrogen) atoms. The minimum atomic E-state index is -0.564. The SMILES string of the molecule is COc1ccc2c(c1)CCNC2Cc1ccc(O)c([N+](=O)[O-])c1. The summed E-state index contributed by atoms with van der Waals surface area (Å²) in [5.41, 5.74) is 2.98. The molecule has 0 saturated heterocycles. The summed E-state index contributed by atoms with van der Waals surface area (Å²) in [7, 11) is 1.65. The second kappa shape index (κ2) is 6.26. The largest absolute Gasteiger partial charge is 0.502 e. The van der Waals surface area contributed by atoms with Gasteiger partial charge < -0.3 is 15.2 Å². The maximum absolute atomic E-state index is 11.0. The van der Waals surface area contributed by atoms with Crippen molar-refractivity contribution in [2.45, 2.75) is 18.9 Å². The van der Waals surface area contributed by atoms with E-state index in [2.05, 4.69) is 5.32 Å². The normalized spacial score (nSPS) is 16.7. The number of phenolic OH excluding ortho intramolecular Hbond substituents is 1. The van der Waals surface area contributed by atoms with E-state index in [1.54, 1.807) is 13.2 Å². The Labute approximate surface area is 133 Å². The number of benzene rings is 2. The highest BCUT2D eigenvalue weighted by Crippen LogP contribution is 2.32. The number of nitro benzene ring substituents is 1. The number of methoxy groups -OCH3 is 1. The molecule has 0 amide bonds. The molecule has 0 saturated carbocycles. The van der Waals surface area contributed by atoms with Crippen LogP contribution in [0.25, 0.3) is 0 Å². The Bertz CT molecular complexity index is 745. The second-order valence-electron chi connectivity index (χ2n) is 5.61. The van der Waals surface area contributed by atoms with Gasteiger partial charge in [0.25, 0.3) is 0 Å². The summed E-state index contributed by atoms with van der Waals surface area (Å²) in [6.45, 7) is 0.852. The lowest BCUT2D eigenvalue weighted by molar-refractivity contribution is -0.385. The van der Waals surface area contributed by atoms with Gasteiger partial charge in [-0.3, -0.25) is 10.1 Å². The van der Waals surface area contributed by atoms with Crippen LogP contribution in [-0.4, -0.2) is 23.7 Å².